The van der Waals surface area contributed by atoms with E-state index in [9.17, 15) is 0 Å². The highest BCUT2D eigenvalue weighted by atomic mass is 127. The van der Waals surface area contributed by atoms with E-state index in [0.717, 1.165) is 42.5 Å². The summed E-state index contributed by atoms with van der Waals surface area (Å²) in [6, 6.07) is 16.9. The van der Waals surface area contributed by atoms with E-state index in [0.29, 0.717) is 19.4 Å². The smallest absolute Gasteiger partial charge is 0.231 e. The predicted molar refractivity (Wildman–Crippen MR) is 128 cm³/mol. The van der Waals surface area contributed by atoms with Crippen molar-refractivity contribution in [1.29, 1.82) is 0 Å². The van der Waals surface area contributed by atoms with Gasteiger partial charge in [0.1, 0.15) is 0 Å². The number of likely N-dealkylation sites (N-methyl/N-ethyl adjacent to an activating group) is 1. The van der Waals surface area contributed by atoms with Gasteiger partial charge in [0.25, 0.3) is 0 Å². The minimum atomic E-state index is 0. The number of guanidine groups is 1. The largest absolute Gasteiger partial charge is 0.454 e. The van der Waals surface area contributed by atoms with Gasteiger partial charge in [-0.15, -0.1) is 24.0 Å². The molecule has 0 saturated heterocycles. The van der Waals surface area contributed by atoms with Gasteiger partial charge in [0.2, 0.25) is 6.79 Å². The van der Waals surface area contributed by atoms with Gasteiger partial charge >= 0.3 is 0 Å². The van der Waals surface area contributed by atoms with E-state index >= 15 is 0 Å². The average molecular weight is 510 g/mol. The van der Waals surface area contributed by atoms with Crippen LogP contribution in [0, 0.1) is 0 Å². The van der Waals surface area contributed by atoms with Crippen molar-refractivity contribution < 1.29 is 9.47 Å². The molecule has 0 bridgehead atoms. The molecule has 158 valence electrons. The van der Waals surface area contributed by atoms with Crippen molar-refractivity contribution in [3.05, 3.63) is 59.7 Å². The number of ether oxygens (including phenoxy) is 2. The maximum absolute atomic E-state index is 5.45. The van der Waals surface area contributed by atoms with Gasteiger partial charge in [0, 0.05) is 19.1 Å². The third kappa shape index (κ3) is 7.08. The Morgan fingerprint density at radius 2 is 1.79 bits per heavy atom. The van der Waals surface area contributed by atoms with Crippen LogP contribution < -0.4 is 20.1 Å². The Kier molecular flexibility index (Phi) is 9.53. The highest BCUT2D eigenvalue weighted by molar-refractivity contribution is 14.0. The Labute approximate surface area is 190 Å². The minimum absolute atomic E-state index is 0. The standard InChI is InChI=1S/C22H30N4O2.HI/c1-4-23-22(24-14-18-10-11-20-21(13-18)28-16-27-20)25-15-19(26(2)3)12-17-8-6-5-7-9-17;/h5-11,13,19H,4,12,14-16H2,1-3H3,(H2,23,24,25);1H. The molecule has 6 nitrogen and oxygen atoms in total. The van der Waals surface area contributed by atoms with E-state index < -0.39 is 0 Å². The molecule has 1 aliphatic heterocycles. The first kappa shape index (κ1) is 23.3. The van der Waals surface area contributed by atoms with Gasteiger partial charge in [-0.05, 0) is 50.7 Å². The Morgan fingerprint density at radius 1 is 1.03 bits per heavy atom. The fraction of sp³-hybridized carbons (Fsp3) is 0.409. The number of hydrogen-bond donors (Lipinski definition) is 2. The molecule has 2 N–H and O–H groups in total. The molecule has 0 aromatic heterocycles. The van der Waals surface area contributed by atoms with E-state index in [4.69, 9.17) is 14.5 Å². The predicted octanol–water partition coefficient (Wildman–Crippen LogP) is 3.26. The lowest BCUT2D eigenvalue weighted by Crippen LogP contribution is -2.46. The van der Waals surface area contributed by atoms with Crippen molar-refractivity contribution in [3.63, 3.8) is 0 Å². The Bertz CT molecular complexity index is 784. The minimum Gasteiger partial charge on any atom is -0.454 e. The second kappa shape index (κ2) is 11.9. The Balaban J connectivity index is 0.00000300. The summed E-state index contributed by atoms with van der Waals surface area (Å²) in [6.45, 7) is 4.58. The summed E-state index contributed by atoms with van der Waals surface area (Å²) in [5.41, 5.74) is 2.43. The molecule has 0 fully saturated rings. The molecule has 2 aromatic rings. The average Bonchev–Trinajstić information content (AvgIpc) is 3.17. The number of fused-ring (bicyclic) bond motifs is 1. The van der Waals surface area contributed by atoms with E-state index in [1.54, 1.807) is 0 Å². The summed E-state index contributed by atoms with van der Waals surface area (Å²) in [5.74, 6) is 2.41. The monoisotopic (exact) mass is 510 g/mol. The molecule has 1 aliphatic rings. The molecule has 29 heavy (non-hydrogen) atoms. The number of hydrogen-bond acceptors (Lipinski definition) is 4. The summed E-state index contributed by atoms with van der Waals surface area (Å²) in [7, 11) is 4.23. The zero-order chi connectivity index (χ0) is 19.8. The van der Waals surface area contributed by atoms with Crippen LogP contribution in [0.5, 0.6) is 11.5 Å². The molecule has 0 spiro atoms. The van der Waals surface area contributed by atoms with Crippen LogP contribution in [-0.2, 0) is 13.0 Å². The molecule has 1 heterocycles. The summed E-state index contributed by atoms with van der Waals surface area (Å²) in [4.78, 5) is 6.98. The topological polar surface area (TPSA) is 58.1 Å². The van der Waals surface area contributed by atoms with Crippen molar-refractivity contribution >= 4 is 29.9 Å². The molecule has 0 saturated carbocycles. The van der Waals surface area contributed by atoms with Gasteiger partial charge in [-0.25, -0.2) is 4.99 Å². The molecular weight excluding hydrogens is 479 g/mol. The number of halogens is 1. The van der Waals surface area contributed by atoms with Gasteiger partial charge in [0.05, 0.1) is 6.54 Å². The maximum atomic E-state index is 5.45. The number of rotatable bonds is 8. The number of benzene rings is 2. The van der Waals surface area contributed by atoms with Gasteiger partial charge in [-0.2, -0.15) is 0 Å². The van der Waals surface area contributed by atoms with E-state index in [1.165, 1.54) is 5.56 Å². The summed E-state index contributed by atoms with van der Waals surface area (Å²) < 4.78 is 10.8. The fourth-order valence-corrected chi connectivity index (χ4v) is 3.09. The number of nitrogens with zero attached hydrogens (tertiary/aromatic N) is 2. The second-order valence-electron chi connectivity index (χ2n) is 7.07. The molecule has 1 atom stereocenters. The van der Waals surface area contributed by atoms with Crippen molar-refractivity contribution in [3.8, 4) is 11.5 Å². The van der Waals surface area contributed by atoms with Gasteiger partial charge in [-0.1, -0.05) is 36.4 Å². The lowest BCUT2D eigenvalue weighted by molar-refractivity contribution is 0.174. The number of nitrogens with one attached hydrogen (secondary N) is 2. The van der Waals surface area contributed by atoms with Crippen LogP contribution in [0.1, 0.15) is 18.1 Å². The van der Waals surface area contributed by atoms with Crippen molar-refractivity contribution in [2.75, 3.05) is 34.0 Å². The number of aliphatic imine (C=N–C) groups is 1. The van der Waals surface area contributed by atoms with Gasteiger partial charge in [0.15, 0.2) is 17.5 Å². The summed E-state index contributed by atoms with van der Waals surface area (Å²) in [6.07, 6.45) is 0.988. The van der Waals surface area contributed by atoms with Crippen molar-refractivity contribution in [2.45, 2.75) is 25.9 Å². The highest BCUT2D eigenvalue weighted by Gasteiger charge is 2.14. The zero-order valence-electron chi connectivity index (χ0n) is 17.4. The molecule has 7 heteroatoms. The lowest BCUT2D eigenvalue weighted by atomic mass is 10.1. The molecular formula is C22H31IN4O2. The first-order valence-electron chi connectivity index (χ1n) is 9.76. The molecule has 0 aliphatic carbocycles. The van der Waals surface area contributed by atoms with Crippen LogP contribution in [0.3, 0.4) is 0 Å². The highest BCUT2D eigenvalue weighted by Crippen LogP contribution is 2.32. The fourth-order valence-electron chi connectivity index (χ4n) is 3.09. The SMILES string of the molecule is CCNC(=NCc1ccc2c(c1)OCO2)NCC(Cc1ccccc1)N(C)C.I. The van der Waals surface area contributed by atoms with Crippen LogP contribution in [-0.4, -0.2) is 50.9 Å². The van der Waals surface area contributed by atoms with E-state index in [2.05, 4.69) is 66.9 Å². The third-order valence-corrected chi connectivity index (χ3v) is 4.75. The Morgan fingerprint density at radius 3 is 2.52 bits per heavy atom. The molecule has 1 unspecified atom stereocenters. The molecule has 2 aromatic carbocycles. The van der Waals surface area contributed by atoms with Crippen LogP contribution in [0.2, 0.25) is 0 Å². The zero-order valence-corrected chi connectivity index (χ0v) is 19.7. The van der Waals surface area contributed by atoms with Crippen LogP contribution in [0.15, 0.2) is 53.5 Å². The lowest BCUT2D eigenvalue weighted by Gasteiger charge is -2.25. The van der Waals surface area contributed by atoms with Crippen LogP contribution >= 0.6 is 24.0 Å². The molecule has 3 rings (SSSR count). The van der Waals surface area contributed by atoms with E-state index in [1.807, 2.05) is 18.2 Å². The van der Waals surface area contributed by atoms with Crippen molar-refractivity contribution in [1.82, 2.24) is 15.5 Å². The molecule has 0 radical (unpaired) electrons. The van der Waals surface area contributed by atoms with Crippen molar-refractivity contribution in [2.24, 2.45) is 4.99 Å². The third-order valence-electron chi connectivity index (χ3n) is 4.75. The normalized spacial score (nSPS) is 13.7. The summed E-state index contributed by atoms with van der Waals surface area (Å²) >= 11 is 0. The van der Waals surface area contributed by atoms with Crippen LogP contribution in [0.25, 0.3) is 0 Å². The van der Waals surface area contributed by atoms with Crippen LogP contribution in [0.4, 0.5) is 0 Å². The first-order valence-corrected chi connectivity index (χ1v) is 9.76. The van der Waals surface area contributed by atoms with Gasteiger partial charge < -0.3 is 25.0 Å². The quantitative estimate of drug-likeness (QED) is 0.325. The molecule has 0 amide bonds. The van der Waals surface area contributed by atoms with E-state index in [-0.39, 0.29) is 24.0 Å². The first-order chi connectivity index (χ1) is 13.7. The second-order valence-corrected chi connectivity index (χ2v) is 7.07. The van der Waals surface area contributed by atoms with Gasteiger partial charge in [-0.3, -0.25) is 0 Å². The maximum Gasteiger partial charge on any atom is 0.231 e. The summed E-state index contributed by atoms with van der Waals surface area (Å²) in [5, 5.41) is 6.81. The Hall–Kier alpha value is -2.00.